The molecular weight excluding hydrogens is 373 g/mol. The van der Waals surface area contributed by atoms with Crippen LogP contribution in [0.15, 0.2) is 18.2 Å². The Morgan fingerprint density at radius 2 is 1.69 bits per heavy atom. The van der Waals surface area contributed by atoms with Crippen LogP contribution in [0.25, 0.3) is 0 Å². The molecule has 0 heterocycles. The zero-order chi connectivity index (χ0) is 18.5. The highest BCUT2D eigenvalue weighted by atomic mass is 35.5. The second-order valence-corrected chi connectivity index (χ2v) is 9.12. The van der Waals surface area contributed by atoms with Gasteiger partial charge in [0, 0.05) is 5.54 Å². The van der Waals surface area contributed by atoms with Crippen LogP contribution < -0.4 is 5.32 Å². The van der Waals surface area contributed by atoms with Crippen molar-refractivity contribution in [2.75, 3.05) is 0 Å². The summed E-state index contributed by atoms with van der Waals surface area (Å²) in [6, 6.07) is 4.77. The van der Waals surface area contributed by atoms with Crippen molar-refractivity contribution in [3.63, 3.8) is 0 Å². The van der Waals surface area contributed by atoms with E-state index in [-0.39, 0.29) is 27.1 Å². The number of halogens is 2. The maximum atomic E-state index is 12.7. The fourth-order valence-corrected chi connectivity index (χ4v) is 5.94. The Kier molecular flexibility index (Phi) is 4.68. The number of carbonyl (C=O) groups is 2. The van der Waals surface area contributed by atoms with Crippen LogP contribution >= 0.6 is 23.2 Å². The molecule has 26 heavy (non-hydrogen) atoms. The lowest BCUT2D eigenvalue weighted by Crippen LogP contribution is -2.61. The zero-order valence-electron chi connectivity index (χ0n) is 14.8. The summed E-state index contributed by atoms with van der Waals surface area (Å²) in [5, 5.41) is 3.66. The highest BCUT2D eigenvalue weighted by molar-refractivity contribution is 6.43. The molecule has 5 rings (SSSR count). The molecule has 0 aromatic heterocycles. The SMILES string of the molecule is C[C@H](OC(=O)c1cccc(Cl)c1Cl)C(=O)NC12CC3CC(CC(C3)C1)C2. The Morgan fingerprint density at radius 1 is 1.12 bits per heavy atom. The molecule has 1 atom stereocenters. The summed E-state index contributed by atoms with van der Waals surface area (Å²) >= 11 is 12.0. The molecule has 1 amide bonds. The number of benzene rings is 1. The first kappa shape index (κ1) is 18.1. The van der Waals surface area contributed by atoms with Crippen molar-refractivity contribution in [1.29, 1.82) is 0 Å². The minimum atomic E-state index is -0.870. The largest absolute Gasteiger partial charge is 0.449 e. The van der Waals surface area contributed by atoms with Gasteiger partial charge in [0.2, 0.25) is 0 Å². The predicted octanol–water partition coefficient (Wildman–Crippen LogP) is 4.62. The van der Waals surface area contributed by atoms with Crippen molar-refractivity contribution in [3.05, 3.63) is 33.8 Å². The molecule has 0 spiro atoms. The molecule has 0 unspecified atom stereocenters. The van der Waals surface area contributed by atoms with Gasteiger partial charge in [-0.25, -0.2) is 4.79 Å². The minimum absolute atomic E-state index is 0.0970. The molecule has 4 saturated carbocycles. The number of carbonyl (C=O) groups excluding carboxylic acids is 2. The average molecular weight is 396 g/mol. The molecule has 4 fully saturated rings. The van der Waals surface area contributed by atoms with Crippen molar-refractivity contribution in [2.45, 2.75) is 57.1 Å². The van der Waals surface area contributed by atoms with Crippen LogP contribution in [0.2, 0.25) is 10.0 Å². The fraction of sp³-hybridized carbons (Fsp3) is 0.600. The molecule has 0 radical (unpaired) electrons. The summed E-state index contributed by atoms with van der Waals surface area (Å²) < 4.78 is 5.35. The van der Waals surface area contributed by atoms with Gasteiger partial charge in [-0.3, -0.25) is 4.79 Å². The molecule has 4 aliphatic rings. The van der Waals surface area contributed by atoms with Crippen molar-refractivity contribution >= 4 is 35.1 Å². The first-order chi connectivity index (χ1) is 12.3. The third kappa shape index (κ3) is 3.34. The summed E-state index contributed by atoms with van der Waals surface area (Å²) in [7, 11) is 0. The Balaban J connectivity index is 1.41. The lowest BCUT2D eigenvalue weighted by molar-refractivity contribution is -0.134. The molecule has 0 aliphatic heterocycles. The first-order valence-corrected chi connectivity index (χ1v) is 10.1. The van der Waals surface area contributed by atoms with Crippen molar-refractivity contribution in [3.8, 4) is 0 Å². The van der Waals surface area contributed by atoms with E-state index in [1.807, 2.05) is 0 Å². The molecule has 6 heteroatoms. The maximum absolute atomic E-state index is 12.7. The topological polar surface area (TPSA) is 55.4 Å². The number of rotatable bonds is 4. The van der Waals surface area contributed by atoms with Crippen LogP contribution in [-0.2, 0) is 9.53 Å². The summed E-state index contributed by atoms with van der Waals surface area (Å²) in [6.07, 6.45) is 6.25. The number of nitrogens with one attached hydrogen (secondary N) is 1. The number of esters is 1. The van der Waals surface area contributed by atoms with E-state index in [1.165, 1.54) is 19.3 Å². The third-order valence-corrected chi connectivity index (χ3v) is 7.07. The number of amides is 1. The Morgan fingerprint density at radius 3 is 2.27 bits per heavy atom. The van der Waals surface area contributed by atoms with Crippen LogP contribution in [0.5, 0.6) is 0 Å². The van der Waals surface area contributed by atoms with E-state index in [4.69, 9.17) is 27.9 Å². The van der Waals surface area contributed by atoms with E-state index >= 15 is 0 Å². The molecule has 4 bridgehead atoms. The van der Waals surface area contributed by atoms with Gasteiger partial charge in [-0.2, -0.15) is 0 Å². The van der Waals surface area contributed by atoms with E-state index in [0.717, 1.165) is 37.0 Å². The summed E-state index contributed by atoms with van der Waals surface area (Å²) in [5.41, 5.74) is 0.0776. The van der Waals surface area contributed by atoms with E-state index in [1.54, 1.807) is 25.1 Å². The Labute approximate surface area is 163 Å². The summed E-state index contributed by atoms with van der Waals surface area (Å²) in [5.74, 6) is 1.36. The lowest BCUT2D eigenvalue weighted by atomic mass is 9.53. The van der Waals surface area contributed by atoms with Gasteiger partial charge in [0.05, 0.1) is 15.6 Å². The normalized spacial score (nSPS) is 33.0. The van der Waals surface area contributed by atoms with E-state index in [9.17, 15) is 9.59 Å². The average Bonchev–Trinajstić information content (AvgIpc) is 2.55. The molecule has 1 aromatic carbocycles. The molecular formula is C20H23Cl2NO3. The van der Waals surface area contributed by atoms with Gasteiger partial charge in [-0.15, -0.1) is 0 Å². The van der Waals surface area contributed by atoms with Gasteiger partial charge in [0.25, 0.3) is 5.91 Å². The molecule has 4 nitrogen and oxygen atoms in total. The smallest absolute Gasteiger partial charge is 0.340 e. The monoisotopic (exact) mass is 395 g/mol. The van der Waals surface area contributed by atoms with Crippen LogP contribution in [0.3, 0.4) is 0 Å². The van der Waals surface area contributed by atoms with Gasteiger partial charge >= 0.3 is 5.97 Å². The van der Waals surface area contributed by atoms with Crippen LogP contribution in [0, 0.1) is 17.8 Å². The quantitative estimate of drug-likeness (QED) is 0.756. The van der Waals surface area contributed by atoms with Crippen molar-refractivity contribution in [1.82, 2.24) is 5.32 Å². The Bertz CT molecular complexity index is 713. The summed E-state index contributed by atoms with van der Waals surface area (Å²) in [6.45, 7) is 1.60. The zero-order valence-corrected chi connectivity index (χ0v) is 16.3. The van der Waals surface area contributed by atoms with Gasteiger partial charge in [-0.05, 0) is 75.3 Å². The van der Waals surface area contributed by atoms with Crippen LogP contribution in [0.1, 0.15) is 55.8 Å². The Hall–Kier alpha value is -1.26. The summed E-state index contributed by atoms with van der Waals surface area (Å²) in [4.78, 5) is 25.1. The first-order valence-electron chi connectivity index (χ1n) is 9.32. The molecule has 140 valence electrons. The minimum Gasteiger partial charge on any atom is -0.449 e. The fourth-order valence-electron chi connectivity index (χ4n) is 5.57. The van der Waals surface area contributed by atoms with E-state index in [0.29, 0.717) is 0 Å². The lowest BCUT2D eigenvalue weighted by Gasteiger charge is -2.57. The van der Waals surface area contributed by atoms with Crippen molar-refractivity contribution in [2.24, 2.45) is 17.8 Å². The number of hydrogen-bond acceptors (Lipinski definition) is 3. The predicted molar refractivity (Wildman–Crippen MR) is 100 cm³/mol. The molecule has 1 aromatic rings. The van der Waals surface area contributed by atoms with Crippen LogP contribution in [0.4, 0.5) is 0 Å². The molecule has 1 N–H and O–H groups in total. The van der Waals surface area contributed by atoms with Gasteiger partial charge in [0.15, 0.2) is 6.10 Å². The highest BCUT2D eigenvalue weighted by Crippen LogP contribution is 2.55. The van der Waals surface area contributed by atoms with E-state index in [2.05, 4.69) is 5.32 Å². The second-order valence-electron chi connectivity index (χ2n) is 8.34. The number of ether oxygens (including phenoxy) is 1. The van der Waals surface area contributed by atoms with Gasteiger partial charge in [-0.1, -0.05) is 29.3 Å². The van der Waals surface area contributed by atoms with Gasteiger partial charge < -0.3 is 10.1 Å². The highest BCUT2D eigenvalue weighted by Gasteiger charge is 2.51. The van der Waals surface area contributed by atoms with E-state index < -0.39 is 12.1 Å². The standard InChI is InChI=1S/C20H23Cl2NO3/c1-11(26-19(25)15-3-2-4-16(21)17(15)22)18(24)23-20-8-12-5-13(9-20)7-14(6-12)10-20/h2-4,11-14H,5-10H2,1H3,(H,23,24)/t11-,12?,13?,14?,20?/m0/s1. The molecule has 4 aliphatic carbocycles. The number of hydrogen-bond donors (Lipinski definition) is 1. The van der Waals surface area contributed by atoms with Crippen LogP contribution in [-0.4, -0.2) is 23.5 Å². The van der Waals surface area contributed by atoms with Gasteiger partial charge in [0.1, 0.15) is 0 Å². The molecule has 0 saturated heterocycles. The third-order valence-electron chi connectivity index (χ3n) is 6.25. The second kappa shape index (κ2) is 6.72. The maximum Gasteiger partial charge on any atom is 0.340 e. The van der Waals surface area contributed by atoms with Crippen molar-refractivity contribution < 1.29 is 14.3 Å².